The molecule has 0 aromatic heterocycles. The van der Waals surface area contributed by atoms with Crippen LogP contribution in [-0.4, -0.2) is 303 Å². The molecule has 4 aliphatic carbocycles. The van der Waals surface area contributed by atoms with Crippen LogP contribution in [0, 0.1) is 52.3 Å². The lowest BCUT2D eigenvalue weighted by atomic mass is 9.44. The summed E-state index contributed by atoms with van der Waals surface area (Å²) in [5.41, 5.74) is -0.108. The summed E-state index contributed by atoms with van der Waals surface area (Å²) in [4.78, 5) is 0. The van der Waals surface area contributed by atoms with Crippen molar-refractivity contribution in [3.05, 3.63) is 0 Å². The molecular weight excluding hydrogens is 1150 g/mol. The fraction of sp³-hybridized carbons (Fsp3) is 1.00. The molecular formula is C57H96O29. The molecule has 10 fully saturated rings. The summed E-state index contributed by atoms with van der Waals surface area (Å²) in [6.45, 7) is 4.85. The van der Waals surface area contributed by atoms with E-state index in [4.69, 9.17) is 52.1 Å². The molecule has 0 unspecified atom stereocenters. The van der Waals surface area contributed by atoms with Gasteiger partial charge >= 0.3 is 0 Å². The van der Waals surface area contributed by atoms with Crippen LogP contribution < -0.4 is 0 Å². The number of hydrogen-bond donors (Lipinski definition) is 18. The van der Waals surface area contributed by atoms with Crippen molar-refractivity contribution >= 4 is 0 Å². The minimum absolute atomic E-state index is 0.0421. The second kappa shape index (κ2) is 27.1. The molecule has 0 spiro atoms. The van der Waals surface area contributed by atoms with Crippen LogP contribution in [0.1, 0.15) is 91.9 Å². The summed E-state index contributed by atoms with van der Waals surface area (Å²) in [7, 11) is 0. The van der Waals surface area contributed by atoms with Gasteiger partial charge in [0.15, 0.2) is 37.2 Å². The second-order valence-corrected chi connectivity index (χ2v) is 27.1. The lowest BCUT2D eigenvalue weighted by Gasteiger charge is -2.61. The minimum atomic E-state index is -2.06. The average Bonchev–Trinajstić information content (AvgIpc) is 1.54. The van der Waals surface area contributed by atoms with Gasteiger partial charge in [0.25, 0.3) is 0 Å². The molecule has 6 saturated heterocycles. The summed E-state index contributed by atoms with van der Waals surface area (Å²) < 4.78 is 66.0. The highest BCUT2D eigenvalue weighted by molar-refractivity contribution is 5.15. The van der Waals surface area contributed by atoms with Crippen LogP contribution in [0.3, 0.4) is 0 Å². The largest absolute Gasteiger partial charge is 0.394 e. The van der Waals surface area contributed by atoms with E-state index in [1.165, 1.54) is 0 Å². The maximum absolute atomic E-state index is 12.2. The highest BCUT2D eigenvalue weighted by Crippen LogP contribution is 2.71. The van der Waals surface area contributed by atoms with Gasteiger partial charge < -0.3 is 144 Å². The highest BCUT2D eigenvalue weighted by Gasteiger charge is 2.69. The third-order valence-electron chi connectivity index (χ3n) is 22.2. The SMILES string of the molecule is C[C@@H](CC[C@@]1(O)O[C@H]2C[C@H]3[C@@H]4CC[C@H]5C[C@@H](O[C@@H]6O[C@H](CO)[C@H](O[C@@H]7O[C@H](CO)[C@@H](O)[C@H](O[C@@H]8O[C@H](CO)[C@@H](O)[C@H](O)[C@H]8O)[C@H]7O[C@@H]7O[C@H](CO)[C@@H](O)[C@H](O)[C@H]7O)[C@H](O)[C@H]6O)CC[C@]5(C)[C@H]4CC[C@]3(C)[C@H]2[C@@H]1C)CO[C@@H]1O[C@H](CO)[C@@H](O)[C@H](O)[C@H]1O. The van der Waals surface area contributed by atoms with E-state index in [1.54, 1.807) is 0 Å². The number of aliphatic hydroxyl groups excluding tert-OH is 17. The van der Waals surface area contributed by atoms with Crippen molar-refractivity contribution < 1.29 is 144 Å². The number of rotatable bonds is 19. The highest BCUT2D eigenvalue weighted by atomic mass is 16.8. The molecule has 6 aliphatic heterocycles. The molecule has 10 aliphatic rings. The Kier molecular flexibility index (Phi) is 21.3. The molecule has 0 bridgehead atoms. The van der Waals surface area contributed by atoms with E-state index >= 15 is 0 Å². The Morgan fingerprint density at radius 3 is 1.52 bits per heavy atom. The standard InChI is InChI=1S/C57H96O29/c1-21(20-76-50-43(71)39(67)35(63)29(15-58)78-50)7-12-57(75)22(2)34-28(86-57)14-27-25-6-5-23-13-24(8-10-55(23,3)26(25)9-11-56(27,34)4)77-51-46(74)42(70)47(33(19-62)82-51)83-54-49(85-53-45(73)41(69)37(65)31(17-60)80-53)48(38(66)32(18-61)81-54)84-52-44(72)40(68)36(64)30(16-59)79-52/h21-54,58-75H,5-20H2,1-4H3/t21-,22-,23-,24-,25+,26-,27-,28-,29+,30+,31+,32+,33+,34-,35+,36+,37+,38+,39-,40-,41-,42+,43+,44+,45+,46+,47-,48-,49+,50+,51+,52-,53-,54-,55-,56-,57+/m0/s1. The Labute approximate surface area is 498 Å². The van der Waals surface area contributed by atoms with E-state index in [-0.39, 0.29) is 47.2 Å². The maximum Gasteiger partial charge on any atom is 0.187 e. The van der Waals surface area contributed by atoms with Gasteiger partial charge in [-0.05, 0) is 104 Å². The van der Waals surface area contributed by atoms with E-state index in [2.05, 4.69) is 20.8 Å². The summed E-state index contributed by atoms with van der Waals surface area (Å²) >= 11 is 0. The lowest BCUT2D eigenvalue weighted by molar-refractivity contribution is -0.406. The molecule has 18 N–H and O–H groups in total. The molecule has 29 heteroatoms. The zero-order valence-corrected chi connectivity index (χ0v) is 49.0. The van der Waals surface area contributed by atoms with E-state index < -0.39 is 198 Å². The van der Waals surface area contributed by atoms with Crippen LogP contribution in [-0.2, 0) is 52.1 Å². The Balaban J connectivity index is 0.766. The van der Waals surface area contributed by atoms with Crippen molar-refractivity contribution in [3.63, 3.8) is 0 Å². The van der Waals surface area contributed by atoms with Crippen LogP contribution in [0.2, 0.25) is 0 Å². The lowest BCUT2D eigenvalue weighted by Crippen LogP contribution is -2.68. The van der Waals surface area contributed by atoms with E-state index in [0.717, 1.165) is 38.5 Å². The molecule has 86 heavy (non-hydrogen) atoms. The summed E-state index contributed by atoms with van der Waals surface area (Å²) in [5, 5.41) is 193. The molecule has 4 saturated carbocycles. The van der Waals surface area contributed by atoms with E-state index in [9.17, 15) is 91.9 Å². The molecule has 0 aromatic rings. The van der Waals surface area contributed by atoms with Gasteiger partial charge in [-0.25, -0.2) is 0 Å². The first-order chi connectivity index (χ1) is 40.8. The quantitative estimate of drug-likeness (QED) is 0.0535. The van der Waals surface area contributed by atoms with Crippen molar-refractivity contribution in [2.24, 2.45) is 52.3 Å². The van der Waals surface area contributed by atoms with E-state index in [1.807, 2.05) is 6.92 Å². The van der Waals surface area contributed by atoms with Crippen LogP contribution in [0.15, 0.2) is 0 Å². The predicted molar refractivity (Wildman–Crippen MR) is 284 cm³/mol. The maximum atomic E-state index is 12.2. The first-order valence-electron chi connectivity index (χ1n) is 30.9. The predicted octanol–water partition coefficient (Wildman–Crippen LogP) is -6.13. The van der Waals surface area contributed by atoms with Crippen molar-refractivity contribution in [3.8, 4) is 0 Å². The van der Waals surface area contributed by atoms with Crippen molar-refractivity contribution in [2.75, 3.05) is 39.6 Å². The van der Waals surface area contributed by atoms with Gasteiger partial charge in [-0.1, -0.05) is 27.7 Å². The monoisotopic (exact) mass is 1240 g/mol. The van der Waals surface area contributed by atoms with Crippen LogP contribution in [0.4, 0.5) is 0 Å². The Bertz CT molecular complexity index is 2190. The molecule has 10 rings (SSSR count). The zero-order valence-electron chi connectivity index (χ0n) is 49.0. The Hall–Kier alpha value is -1.16. The Morgan fingerprint density at radius 1 is 0.465 bits per heavy atom. The molecule has 37 atom stereocenters. The average molecular weight is 1250 g/mol. The third-order valence-corrected chi connectivity index (χ3v) is 22.2. The van der Waals surface area contributed by atoms with Gasteiger partial charge in [-0.2, -0.15) is 0 Å². The fourth-order valence-corrected chi connectivity index (χ4v) is 17.1. The molecule has 498 valence electrons. The molecule has 0 aromatic carbocycles. The van der Waals surface area contributed by atoms with Crippen molar-refractivity contribution in [1.29, 1.82) is 0 Å². The summed E-state index contributed by atoms with van der Waals surface area (Å²) in [5.74, 6) is 0.0161. The second-order valence-electron chi connectivity index (χ2n) is 27.1. The number of fused-ring (bicyclic) bond motifs is 7. The summed E-state index contributed by atoms with van der Waals surface area (Å²) in [6, 6.07) is 0. The number of hydrogen-bond acceptors (Lipinski definition) is 29. The number of ether oxygens (including phenoxy) is 11. The van der Waals surface area contributed by atoms with Gasteiger partial charge in [0, 0.05) is 12.3 Å². The van der Waals surface area contributed by atoms with Gasteiger partial charge in [0.1, 0.15) is 122 Å². The molecule has 29 nitrogen and oxygen atoms in total. The van der Waals surface area contributed by atoms with Crippen LogP contribution in [0.25, 0.3) is 0 Å². The fourth-order valence-electron chi connectivity index (χ4n) is 17.1. The zero-order chi connectivity index (χ0) is 62.2. The van der Waals surface area contributed by atoms with Crippen molar-refractivity contribution in [2.45, 2.75) is 263 Å². The first kappa shape index (κ1) is 67.7. The third kappa shape index (κ3) is 12.4. The van der Waals surface area contributed by atoms with Gasteiger partial charge in [-0.3, -0.25) is 0 Å². The Morgan fingerprint density at radius 2 is 0.942 bits per heavy atom. The van der Waals surface area contributed by atoms with Crippen LogP contribution in [0.5, 0.6) is 0 Å². The molecule has 0 amide bonds. The van der Waals surface area contributed by atoms with Gasteiger partial charge in [0.2, 0.25) is 0 Å². The minimum Gasteiger partial charge on any atom is -0.394 e. The first-order valence-corrected chi connectivity index (χ1v) is 30.9. The molecule has 6 heterocycles. The summed E-state index contributed by atoms with van der Waals surface area (Å²) in [6.07, 6.45) is -36.2. The topological polar surface area (TPSA) is 466 Å². The van der Waals surface area contributed by atoms with E-state index in [0.29, 0.717) is 43.4 Å². The molecule has 0 radical (unpaired) electrons. The van der Waals surface area contributed by atoms with Crippen molar-refractivity contribution in [1.82, 2.24) is 0 Å². The van der Waals surface area contributed by atoms with Crippen LogP contribution >= 0.6 is 0 Å². The van der Waals surface area contributed by atoms with Gasteiger partial charge in [-0.15, -0.1) is 0 Å². The smallest absolute Gasteiger partial charge is 0.187 e. The normalized spacial score (nSPS) is 55.3. The van der Waals surface area contributed by atoms with Gasteiger partial charge in [0.05, 0.1) is 51.8 Å². The number of aliphatic hydroxyl groups is 18.